The van der Waals surface area contributed by atoms with Gasteiger partial charge < -0.3 is 0 Å². The van der Waals surface area contributed by atoms with Crippen molar-refractivity contribution in [3.05, 3.63) is 206 Å². The second kappa shape index (κ2) is 12.5. The molecule has 0 aliphatic rings. The third-order valence-corrected chi connectivity index (χ3v) is 14.8. The van der Waals surface area contributed by atoms with Crippen LogP contribution in [0.25, 0.3) is 140 Å². The van der Waals surface area contributed by atoms with Crippen molar-refractivity contribution in [2.45, 2.75) is 0 Å². The maximum Gasteiger partial charge on any atom is 0.0440 e. The van der Waals surface area contributed by atoms with Gasteiger partial charge in [0.1, 0.15) is 0 Å². The Kier molecular flexibility index (Phi) is 6.80. The van der Waals surface area contributed by atoms with Crippen molar-refractivity contribution in [2.75, 3.05) is 0 Å². The summed E-state index contributed by atoms with van der Waals surface area (Å²) >= 11 is 1.92. The number of hydrogen-bond acceptors (Lipinski definition) is 1. The van der Waals surface area contributed by atoms with Crippen molar-refractivity contribution in [3.63, 3.8) is 0 Å². The quantitative estimate of drug-likeness (QED) is 0.124. The first-order valence-corrected chi connectivity index (χ1v) is 22.0. The third kappa shape index (κ3) is 4.59. The molecule has 0 N–H and O–H groups in total. The summed E-state index contributed by atoms with van der Waals surface area (Å²) in [7, 11) is 0. The summed E-state index contributed by atoms with van der Waals surface area (Å²) in [6.07, 6.45) is 0. The van der Waals surface area contributed by atoms with Gasteiger partial charge in [-0.2, -0.15) is 0 Å². The minimum Gasteiger partial charge on any atom is -0.135 e. The van der Waals surface area contributed by atoms with Crippen molar-refractivity contribution in [1.82, 2.24) is 0 Å². The van der Waals surface area contributed by atoms with Crippen molar-refractivity contribution in [3.8, 4) is 33.4 Å². The van der Waals surface area contributed by atoms with Gasteiger partial charge in [-0.1, -0.05) is 194 Å². The lowest BCUT2D eigenvalue weighted by Gasteiger charge is -2.21. The number of hydrogen-bond donors (Lipinski definition) is 0. The maximum absolute atomic E-state index is 2.48. The molecule has 0 aliphatic carbocycles. The van der Waals surface area contributed by atoms with Crippen LogP contribution in [0.2, 0.25) is 0 Å². The van der Waals surface area contributed by atoms with Gasteiger partial charge in [0.25, 0.3) is 0 Å². The summed E-state index contributed by atoms with van der Waals surface area (Å²) in [5.41, 5.74) is 7.61. The first-order chi connectivity index (χ1) is 30.3. The minimum absolute atomic E-state index is 1.24. The van der Waals surface area contributed by atoms with Crippen LogP contribution in [0.1, 0.15) is 0 Å². The molecule has 280 valence electrons. The molecular weight excluding hydrogens is 753 g/mol. The highest BCUT2D eigenvalue weighted by molar-refractivity contribution is 7.26. The van der Waals surface area contributed by atoms with E-state index in [0.29, 0.717) is 0 Å². The number of rotatable bonds is 3. The van der Waals surface area contributed by atoms with Gasteiger partial charge in [0, 0.05) is 25.6 Å². The van der Waals surface area contributed by atoms with Crippen LogP contribution in [0, 0.1) is 0 Å². The third-order valence-electron chi connectivity index (χ3n) is 13.6. The molecule has 14 rings (SSSR count). The Labute approximate surface area is 355 Å². The Morgan fingerprint density at radius 1 is 0.246 bits per heavy atom. The average molecular weight is 787 g/mol. The molecule has 1 aromatic heterocycles. The lowest BCUT2D eigenvalue weighted by molar-refractivity contribution is 1.66. The first kappa shape index (κ1) is 33.3. The summed E-state index contributed by atoms with van der Waals surface area (Å²) in [6, 6.07) is 77.5. The number of fused-ring (bicyclic) bond motifs is 12. The summed E-state index contributed by atoms with van der Waals surface area (Å²) in [6.45, 7) is 0. The van der Waals surface area contributed by atoms with Gasteiger partial charge in [0.2, 0.25) is 0 Å². The topological polar surface area (TPSA) is 0 Å². The monoisotopic (exact) mass is 786 g/mol. The molecular formula is C60H34S. The molecule has 0 spiro atoms. The van der Waals surface area contributed by atoms with Crippen LogP contribution in [0.4, 0.5) is 0 Å². The van der Waals surface area contributed by atoms with E-state index in [4.69, 9.17) is 0 Å². The molecule has 0 saturated carbocycles. The summed E-state index contributed by atoms with van der Waals surface area (Å²) in [5.74, 6) is 0. The van der Waals surface area contributed by atoms with Crippen LogP contribution < -0.4 is 0 Å². The van der Waals surface area contributed by atoms with Crippen molar-refractivity contribution >= 4 is 118 Å². The van der Waals surface area contributed by atoms with E-state index in [-0.39, 0.29) is 0 Å². The summed E-state index contributed by atoms with van der Waals surface area (Å²) < 4.78 is 2.70. The molecule has 14 aromatic rings. The largest absolute Gasteiger partial charge is 0.135 e. The second-order valence-electron chi connectivity index (χ2n) is 16.6. The second-order valence-corrected chi connectivity index (χ2v) is 17.7. The molecule has 1 heterocycles. The zero-order valence-electron chi connectivity index (χ0n) is 33.0. The Bertz CT molecular complexity index is 4090. The zero-order valence-corrected chi connectivity index (χ0v) is 33.9. The Hall–Kier alpha value is -7.58. The van der Waals surface area contributed by atoms with Crippen molar-refractivity contribution in [2.24, 2.45) is 0 Å². The molecule has 0 radical (unpaired) electrons. The first-order valence-electron chi connectivity index (χ1n) is 21.2. The highest BCUT2D eigenvalue weighted by Crippen LogP contribution is 2.50. The molecule has 13 aromatic carbocycles. The van der Waals surface area contributed by atoms with E-state index in [1.54, 1.807) is 0 Å². The van der Waals surface area contributed by atoms with Crippen LogP contribution >= 0.6 is 11.3 Å². The maximum atomic E-state index is 2.48. The van der Waals surface area contributed by atoms with Crippen LogP contribution in [0.5, 0.6) is 0 Å². The van der Waals surface area contributed by atoms with Gasteiger partial charge in [-0.05, 0) is 126 Å². The fraction of sp³-hybridized carbons (Fsp3) is 0. The van der Waals surface area contributed by atoms with Gasteiger partial charge in [-0.3, -0.25) is 0 Å². The number of benzene rings is 13. The molecule has 0 amide bonds. The van der Waals surface area contributed by atoms with E-state index in [1.807, 2.05) is 11.3 Å². The molecule has 0 unspecified atom stereocenters. The fourth-order valence-corrected chi connectivity index (χ4v) is 12.3. The van der Waals surface area contributed by atoms with Crippen molar-refractivity contribution in [1.29, 1.82) is 0 Å². The molecule has 61 heavy (non-hydrogen) atoms. The predicted octanol–water partition coefficient (Wildman–Crippen LogP) is 17.7. The van der Waals surface area contributed by atoms with E-state index in [1.165, 1.54) is 140 Å². The molecule has 0 atom stereocenters. The van der Waals surface area contributed by atoms with Gasteiger partial charge in [-0.25, -0.2) is 0 Å². The van der Waals surface area contributed by atoms with Crippen molar-refractivity contribution < 1.29 is 0 Å². The van der Waals surface area contributed by atoms with E-state index in [9.17, 15) is 0 Å². The minimum atomic E-state index is 1.24. The average Bonchev–Trinajstić information content (AvgIpc) is 3.71. The SMILES string of the molecule is c1ccc(-c2ccc3ccc4c(-c5c6ccccc6c(-c6ccc7c(c6)c6ccccc6c6ccc8c9ccccc9sc8c67)c6ccccc56)ccc5ccc2c3c54)cc1. The number of thiophene rings is 1. The van der Waals surface area contributed by atoms with Crippen LogP contribution in [-0.2, 0) is 0 Å². The van der Waals surface area contributed by atoms with E-state index in [2.05, 4.69) is 206 Å². The molecule has 0 aliphatic heterocycles. The standard InChI is InChI=1S/C60H34S/c1-2-12-35(13-3-1)39-27-22-36-24-29-49-50(30-25-37-23-28-47(39)56(36)57(37)49)58-45-19-8-6-17-43(45)55(44-18-7-9-20-46(44)58)38-26-31-51-53(34-38)41-15-5-4-14-40(41)48-32-33-52-42-16-10-11-21-54(42)61-60(52)59(48)51/h1-34H. The lowest BCUT2D eigenvalue weighted by atomic mass is 9.82. The molecule has 0 fully saturated rings. The lowest BCUT2D eigenvalue weighted by Crippen LogP contribution is -1.93. The van der Waals surface area contributed by atoms with Gasteiger partial charge in [0.15, 0.2) is 0 Å². The smallest absolute Gasteiger partial charge is 0.0440 e. The highest BCUT2D eigenvalue weighted by Gasteiger charge is 2.22. The highest BCUT2D eigenvalue weighted by atomic mass is 32.1. The molecule has 0 saturated heterocycles. The van der Waals surface area contributed by atoms with E-state index < -0.39 is 0 Å². The molecule has 1 heteroatoms. The van der Waals surface area contributed by atoms with E-state index >= 15 is 0 Å². The van der Waals surface area contributed by atoms with Gasteiger partial charge in [-0.15, -0.1) is 11.3 Å². The Balaban J connectivity index is 1.06. The summed E-state index contributed by atoms with van der Waals surface area (Å²) in [4.78, 5) is 0. The van der Waals surface area contributed by atoms with Crippen LogP contribution in [-0.4, -0.2) is 0 Å². The fourth-order valence-electron chi connectivity index (χ4n) is 11.0. The predicted molar refractivity (Wildman–Crippen MR) is 267 cm³/mol. The van der Waals surface area contributed by atoms with Crippen LogP contribution in [0.15, 0.2) is 206 Å². The molecule has 0 nitrogen and oxygen atoms in total. The normalized spacial score (nSPS) is 12.3. The summed E-state index contributed by atoms with van der Waals surface area (Å²) in [5, 5.41) is 23.4. The van der Waals surface area contributed by atoms with E-state index in [0.717, 1.165) is 0 Å². The Morgan fingerprint density at radius 2 is 0.721 bits per heavy atom. The zero-order chi connectivity index (χ0) is 39.8. The van der Waals surface area contributed by atoms with Gasteiger partial charge in [0.05, 0.1) is 0 Å². The van der Waals surface area contributed by atoms with Gasteiger partial charge >= 0.3 is 0 Å². The molecule has 0 bridgehead atoms. The Morgan fingerprint density at radius 3 is 1.41 bits per heavy atom. The van der Waals surface area contributed by atoms with Crippen LogP contribution in [0.3, 0.4) is 0 Å².